The highest BCUT2D eigenvalue weighted by molar-refractivity contribution is 7.84. The van der Waals surface area contributed by atoms with Gasteiger partial charge in [0.15, 0.2) is 0 Å². The Morgan fingerprint density at radius 3 is 2.25 bits per heavy atom. The third-order valence-electron chi connectivity index (χ3n) is 3.86. The molecule has 0 N–H and O–H groups in total. The lowest BCUT2D eigenvalue weighted by Gasteiger charge is -2.44. The summed E-state index contributed by atoms with van der Waals surface area (Å²) in [5.41, 5.74) is 0.664. The highest BCUT2D eigenvalue weighted by atomic mass is 35.5. The van der Waals surface area contributed by atoms with Crippen molar-refractivity contribution in [1.29, 1.82) is 0 Å². The second-order valence-electron chi connectivity index (χ2n) is 6.53. The van der Waals surface area contributed by atoms with Crippen LogP contribution in [0.1, 0.15) is 47.1 Å². The molecule has 0 fully saturated rings. The topological polar surface area (TPSA) is 33.2 Å². The quantitative estimate of drug-likeness (QED) is 0.787. The predicted molar refractivity (Wildman–Crippen MR) is 87.1 cm³/mol. The van der Waals surface area contributed by atoms with Gasteiger partial charge in [0.1, 0.15) is 16.1 Å². The fourth-order valence-corrected chi connectivity index (χ4v) is 3.84. The second kappa shape index (κ2) is 6.12. The minimum absolute atomic E-state index is 0.275. The molecule has 0 bridgehead atoms. The first-order valence-electron chi connectivity index (χ1n) is 6.79. The molecule has 0 radical (unpaired) electrons. The number of halogens is 1. The van der Waals surface area contributed by atoms with Crippen molar-refractivity contribution in [3.63, 3.8) is 0 Å². The fourth-order valence-electron chi connectivity index (χ4n) is 2.18. The smallest absolute Gasteiger partial charge is 0.129 e. The molecule has 2 atom stereocenters. The summed E-state index contributed by atoms with van der Waals surface area (Å²) in [6.07, 6.45) is 1.70. The van der Waals surface area contributed by atoms with Crippen LogP contribution in [-0.2, 0) is 16.5 Å². The summed E-state index contributed by atoms with van der Waals surface area (Å²) in [4.78, 5) is 4.04. The summed E-state index contributed by atoms with van der Waals surface area (Å²) in [6.45, 7) is 12.3. The lowest BCUT2D eigenvalue weighted by Crippen LogP contribution is -2.50. The summed E-state index contributed by atoms with van der Waals surface area (Å²) in [7, 11) is 0.803. The Morgan fingerprint density at radius 1 is 1.30 bits per heavy atom. The molecule has 3 nitrogen and oxygen atoms in total. The molecular weight excluding hydrogens is 292 g/mol. The van der Waals surface area contributed by atoms with Crippen LogP contribution in [0.15, 0.2) is 18.3 Å². The Labute approximate surface area is 130 Å². The van der Waals surface area contributed by atoms with Gasteiger partial charge in [-0.1, -0.05) is 25.4 Å². The number of rotatable bonds is 4. The molecule has 1 heterocycles. The van der Waals surface area contributed by atoms with Gasteiger partial charge in [-0.2, -0.15) is 0 Å². The van der Waals surface area contributed by atoms with Gasteiger partial charge in [0.2, 0.25) is 0 Å². The monoisotopic (exact) mass is 316 g/mol. The van der Waals surface area contributed by atoms with Gasteiger partial charge in [-0.15, -0.1) is 0 Å². The summed E-state index contributed by atoms with van der Waals surface area (Å²) in [5, 5.41) is 0.462. The standard InChI is InChI=1S/C15H25ClN2OS/c1-11(2)15(6,12-8-9-17-13(16)10-12)18(7)20(19)14(3,4)5/h8-11H,1-7H3. The predicted octanol–water partition coefficient (Wildman–Crippen LogP) is 4.00. The van der Waals surface area contributed by atoms with Crippen LogP contribution < -0.4 is 0 Å². The zero-order valence-electron chi connectivity index (χ0n) is 13.4. The Balaban J connectivity index is 3.33. The van der Waals surface area contributed by atoms with E-state index in [9.17, 15) is 4.21 Å². The molecule has 0 amide bonds. The molecule has 1 rings (SSSR count). The van der Waals surface area contributed by atoms with E-state index in [0.717, 1.165) is 5.56 Å². The second-order valence-corrected chi connectivity index (χ2v) is 9.19. The Hall–Kier alpha value is -0.450. The van der Waals surface area contributed by atoms with Crippen molar-refractivity contribution < 1.29 is 4.21 Å². The Bertz CT molecular complexity index is 499. The SMILES string of the molecule is CC(C)C(C)(c1ccnc(Cl)c1)N(C)S(=O)C(C)(C)C. The minimum atomic E-state index is -1.11. The first kappa shape index (κ1) is 17.6. The normalized spacial score (nSPS) is 17.3. The van der Waals surface area contributed by atoms with E-state index in [1.807, 2.05) is 44.3 Å². The van der Waals surface area contributed by atoms with Crippen LogP contribution in [0.4, 0.5) is 0 Å². The average molecular weight is 317 g/mol. The molecule has 0 saturated carbocycles. The molecule has 2 unspecified atom stereocenters. The summed E-state index contributed by atoms with van der Waals surface area (Å²) >= 11 is 6.02. The van der Waals surface area contributed by atoms with E-state index >= 15 is 0 Å². The minimum Gasteiger partial charge on any atom is -0.245 e. The summed E-state index contributed by atoms with van der Waals surface area (Å²) in [6, 6.07) is 3.81. The van der Waals surface area contributed by atoms with Gasteiger partial charge in [-0.25, -0.2) is 13.5 Å². The average Bonchev–Trinajstić information content (AvgIpc) is 2.34. The van der Waals surface area contributed by atoms with Crippen LogP contribution in [-0.4, -0.2) is 25.3 Å². The molecule has 114 valence electrons. The Kier molecular flexibility index (Phi) is 5.39. The molecule has 1 aromatic rings. The summed E-state index contributed by atoms with van der Waals surface area (Å²) < 4.78 is 14.4. The van der Waals surface area contributed by atoms with E-state index in [1.54, 1.807) is 6.20 Å². The van der Waals surface area contributed by atoms with E-state index in [1.165, 1.54) is 0 Å². The van der Waals surface area contributed by atoms with Gasteiger partial charge in [0.05, 0.1) is 10.3 Å². The number of pyridine rings is 1. The van der Waals surface area contributed by atoms with Crippen LogP contribution in [0.2, 0.25) is 5.15 Å². The van der Waals surface area contributed by atoms with E-state index in [2.05, 4.69) is 25.8 Å². The largest absolute Gasteiger partial charge is 0.245 e. The van der Waals surface area contributed by atoms with E-state index in [0.29, 0.717) is 5.15 Å². The van der Waals surface area contributed by atoms with E-state index in [-0.39, 0.29) is 16.2 Å². The van der Waals surface area contributed by atoms with Crippen molar-refractivity contribution in [3.05, 3.63) is 29.0 Å². The lowest BCUT2D eigenvalue weighted by atomic mass is 9.82. The van der Waals surface area contributed by atoms with Crippen molar-refractivity contribution in [1.82, 2.24) is 9.29 Å². The van der Waals surface area contributed by atoms with Gasteiger partial charge in [-0.3, -0.25) is 0 Å². The first-order valence-corrected chi connectivity index (χ1v) is 8.27. The van der Waals surface area contributed by atoms with Crippen molar-refractivity contribution >= 4 is 22.6 Å². The number of aromatic nitrogens is 1. The van der Waals surface area contributed by atoms with Gasteiger partial charge in [0, 0.05) is 13.2 Å². The van der Waals surface area contributed by atoms with E-state index < -0.39 is 11.0 Å². The molecule has 1 aromatic heterocycles. The van der Waals surface area contributed by atoms with Crippen molar-refractivity contribution in [3.8, 4) is 0 Å². The molecule has 0 saturated heterocycles. The third-order valence-corrected chi connectivity index (χ3v) is 5.99. The van der Waals surface area contributed by atoms with E-state index in [4.69, 9.17) is 11.6 Å². The maximum absolute atomic E-state index is 12.8. The van der Waals surface area contributed by atoms with Crippen LogP contribution >= 0.6 is 11.6 Å². The molecular formula is C15H25ClN2OS. The highest BCUT2D eigenvalue weighted by Crippen LogP contribution is 2.38. The molecule has 20 heavy (non-hydrogen) atoms. The van der Waals surface area contributed by atoms with Crippen LogP contribution in [0.5, 0.6) is 0 Å². The third kappa shape index (κ3) is 3.41. The molecule has 0 aliphatic heterocycles. The number of nitrogens with zero attached hydrogens (tertiary/aromatic N) is 2. The van der Waals surface area contributed by atoms with Crippen LogP contribution in [0.25, 0.3) is 0 Å². The van der Waals surface area contributed by atoms with Crippen molar-refractivity contribution in [2.45, 2.75) is 51.8 Å². The van der Waals surface area contributed by atoms with Gasteiger partial charge < -0.3 is 0 Å². The molecule has 0 aromatic carbocycles. The lowest BCUT2D eigenvalue weighted by molar-refractivity contribution is 0.175. The van der Waals surface area contributed by atoms with Gasteiger partial charge in [0.25, 0.3) is 0 Å². The van der Waals surface area contributed by atoms with Crippen molar-refractivity contribution in [2.24, 2.45) is 5.92 Å². The maximum atomic E-state index is 12.8. The fraction of sp³-hybridized carbons (Fsp3) is 0.667. The van der Waals surface area contributed by atoms with Crippen molar-refractivity contribution in [2.75, 3.05) is 7.05 Å². The van der Waals surface area contributed by atoms with Gasteiger partial charge >= 0.3 is 0 Å². The number of hydrogen-bond acceptors (Lipinski definition) is 2. The highest BCUT2D eigenvalue weighted by Gasteiger charge is 2.40. The summed E-state index contributed by atoms with van der Waals surface area (Å²) in [5.74, 6) is 0.275. The first-order chi connectivity index (χ1) is 9.01. The number of hydrogen-bond donors (Lipinski definition) is 0. The van der Waals surface area contributed by atoms with Crippen LogP contribution in [0, 0.1) is 5.92 Å². The Morgan fingerprint density at radius 2 is 1.85 bits per heavy atom. The molecule has 0 aliphatic carbocycles. The molecule has 5 heteroatoms. The zero-order valence-corrected chi connectivity index (χ0v) is 15.0. The maximum Gasteiger partial charge on any atom is 0.129 e. The molecule has 0 aliphatic rings. The van der Waals surface area contributed by atoms with Gasteiger partial charge in [-0.05, 0) is 51.3 Å². The molecule has 0 spiro atoms. The van der Waals surface area contributed by atoms with Crippen LogP contribution in [0.3, 0.4) is 0 Å². The zero-order chi connectivity index (χ0) is 15.7.